The minimum Gasteiger partial charge on any atom is -0.309 e. The molecule has 1 atom stereocenters. The number of hydrogen-bond acceptors (Lipinski definition) is 1. The van der Waals surface area contributed by atoms with Gasteiger partial charge in [0.15, 0.2) is 0 Å². The summed E-state index contributed by atoms with van der Waals surface area (Å²) in [6.45, 7) is 4.55. The summed E-state index contributed by atoms with van der Waals surface area (Å²) in [5.74, 6) is 1.11. The first-order valence-electron chi connectivity index (χ1n) is 4.52. The van der Waals surface area contributed by atoms with Gasteiger partial charge < -0.3 is 5.32 Å². The molecule has 1 N–H and O–H groups in total. The van der Waals surface area contributed by atoms with E-state index in [4.69, 9.17) is 0 Å². The lowest BCUT2D eigenvalue weighted by Crippen LogP contribution is -2.68. The average Bonchev–Trinajstić information content (AvgIpc) is 1.75. The van der Waals surface area contributed by atoms with E-state index in [1.54, 1.807) is 0 Å². The Morgan fingerprint density at radius 1 is 1.50 bits per heavy atom. The van der Waals surface area contributed by atoms with Gasteiger partial charge in [-0.15, -0.1) is 0 Å². The third kappa shape index (κ3) is 0.800. The molecule has 0 heterocycles. The van der Waals surface area contributed by atoms with Crippen molar-refractivity contribution in [3.63, 3.8) is 0 Å². The van der Waals surface area contributed by atoms with Gasteiger partial charge in [0.25, 0.3) is 0 Å². The van der Waals surface area contributed by atoms with Gasteiger partial charge in [-0.1, -0.05) is 6.92 Å². The Morgan fingerprint density at radius 3 is 2.40 bits per heavy atom. The van der Waals surface area contributed by atoms with Crippen LogP contribution < -0.4 is 5.32 Å². The first-order valence-corrected chi connectivity index (χ1v) is 4.52. The number of rotatable bonds is 3. The SMILES string of the molecule is CC[C@@H](C)NC12CC(C1)C2. The molecule has 3 rings (SSSR count). The molecule has 0 amide bonds. The molecule has 3 aliphatic carbocycles. The maximum absolute atomic E-state index is 3.71. The second kappa shape index (κ2) is 1.97. The van der Waals surface area contributed by atoms with Crippen molar-refractivity contribution in [2.24, 2.45) is 5.92 Å². The van der Waals surface area contributed by atoms with Crippen LogP contribution >= 0.6 is 0 Å². The minimum absolute atomic E-state index is 0.639. The third-order valence-electron chi connectivity index (χ3n) is 3.20. The second-order valence-corrected chi connectivity index (χ2v) is 4.21. The van der Waals surface area contributed by atoms with Gasteiger partial charge in [-0.05, 0) is 38.5 Å². The molecule has 3 aliphatic rings. The smallest absolute Gasteiger partial charge is 0.0192 e. The molecule has 0 radical (unpaired) electrons. The number of hydrogen-bond donors (Lipinski definition) is 1. The van der Waals surface area contributed by atoms with Crippen molar-refractivity contribution in [3.05, 3.63) is 0 Å². The van der Waals surface area contributed by atoms with Crippen LogP contribution in [0.5, 0.6) is 0 Å². The summed E-state index contributed by atoms with van der Waals surface area (Å²) in [5.41, 5.74) is 0.639. The molecule has 0 aromatic heterocycles. The quantitative estimate of drug-likeness (QED) is 0.630. The fourth-order valence-electron chi connectivity index (χ4n) is 2.28. The van der Waals surface area contributed by atoms with E-state index in [0.717, 1.165) is 12.0 Å². The minimum atomic E-state index is 0.639. The van der Waals surface area contributed by atoms with Gasteiger partial charge in [0.05, 0.1) is 0 Å². The van der Waals surface area contributed by atoms with E-state index in [1.165, 1.54) is 25.7 Å². The van der Waals surface area contributed by atoms with E-state index in [1.807, 2.05) is 0 Å². The Balaban J connectivity index is 1.79. The molecular formula is C9H17N. The molecule has 0 aliphatic heterocycles. The lowest BCUT2D eigenvalue weighted by Gasteiger charge is -2.63. The van der Waals surface area contributed by atoms with Crippen molar-refractivity contribution in [1.29, 1.82) is 0 Å². The molecular weight excluding hydrogens is 122 g/mol. The highest BCUT2D eigenvalue weighted by Crippen LogP contribution is 2.57. The zero-order chi connectivity index (χ0) is 7.19. The maximum Gasteiger partial charge on any atom is 0.0192 e. The fraction of sp³-hybridized carbons (Fsp3) is 1.00. The molecule has 10 heavy (non-hydrogen) atoms. The van der Waals surface area contributed by atoms with Crippen molar-refractivity contribution in [2.75, 3.05) is 0 Å². The molecule has 3 fully saturated rings. The highest BCUT2D eigenvalue weighted by Gasteiger charge is 2.56. The van der Waals surface area contributed by atoms with Gasteiger partial charge in [0, 0.05) is 11.6 Å². The summed E-state index contributed by atoms with van der Waals surface area (Å²) < 4.78 is 0. The molecule has 0 unspecified atom stereocenters. The molecule has 2 bridgehead atoms. The van der Waals surface area contributed by atoms with Gasteiger partial charge in [0.2, 0.25) is 0 Å². The summed E-state index contributed by atoms with van der Waals surface area (Å²) in [7, 11) is 0. The predicted octanol–water partition coefficient (Wildman–Crippen LogP) is 1.93. The standard InChI is InChI=1S/C9H17N/c1-3-7(2)10-9-4-8(5-9)6-9/h7-8,10H,3-6H2,1-2H3/t7-,8?,9?/m1/s1. The molecule has 0 saturated heterocycles. The van der Waals surface area contributed by atoms with Crippen LogP contribution in [-0.2, 0) is 0 Å². The van der Waals surface area contributed by atoms with Crippen LogP contribution in [0.4, 0.5) is 0 Å². The maximum atomic E-state index is 3.71. The normalized spacial score (nSPS) is 45.6. The van der Waals surface area contributed by atoms with Crippen LogP contribution in [0.3, 0.4) is 0 Å². The molecule has 0 spiro atoms. The summed E-state index contributed by atoms with van der Waals surface area (Å²) in [6, 6.07) is 0.737. The summed E-state index contributed by atoms with van der Waals surface area (Å²) in [6.07, 6.45) is 5.68. The first kappa shape index (κ1) is 6.66. The second-order valence-electron chi connectivity index (χ2n) is 4.21. The van der Waals surface area contributed by atoms with E-state index in [9.17, 15) is 0 Å². The lowest BCUT2D eigenvalue weighted by molar-refractivity contribution is -0.0576. The monoisotopic (exact) mass is 139 g/mol. The van der Waals surface area contributed by atoms with Crippen molar-refractivity contribution in [3.8, 4) is 0 Å². The van der Waals surface area contributed by atoms with Crippen molar-refractivity contribution in [1.82, 2.24) is 5.32 Å². The molecule has 3 saturated carbocycles. The van der Waals surface area contributed by atoms with Gasteiger partial charge >= 0.3 is 0 Å². The van der Waals surface area contributed by atoms with E-state index >= 15 is 0 Å². The zero-order valence-corrected chi connectivity index (χ0v) is 6.98. The largest absolute Gasteiger partial charge is 0.309 e. The van der Waals surface area contributed by atoms with E-state index in [-0.39, 0.29) is 0 Å². The molecule has 58 valence electrons. The lowest BCUT2D eigenvalue weighted by atomic mass is 9.49. The number of nitrogens with one attached hydrogen (secondary N) is 1. The van der Waals surface area contributed by atoms with E-state index in [0.29, 0.717) is 5.54 Å². The Labute approximate surface area is 63.2 Å². The van der Waals surface area contributed by atoms with Crippen LogP contribution in [0.15, 0.2) is 0 Å². The topological polar surface area (TPSA) is 12.0 Å². The Morgan fingerprint density at radius 2 is 2.10 bits per heavy atom. The molecule has 1 heteroatoms. The van der Waals surface area contributed by atoms with Crippen molar-refractivity contribution >= 4 is 0 Å². The van der Waals surface area contributed by atoms with Gasteiger partial charge in [-0.2, -0.15) is 0 Å². The van der Waals surface area contributed by atoms with Crippen LogP contribution in [0, 0.1) is 5.92 Å². The van der Waals surface area contributed by atoms with E-state index < -0.39 is 0 Å². The fourth-order valence-corrected chi connectivity index (χ4v) is 2.28. The third-order valence-corrected chi connectivity index (χ3v) is 3.20. The first-order chi connectivity index (χ1) is 4.74. The Hall–Kier alpha value is -0.0400. The highest BCUT2D eigenvalue weighted by atomic mass is 15.1. The Bertz CT molecular complexity index is 125. The molecule has 0 aromatic carbocycles. The van der Waals surface area contributed by atoms with Gasteiger partial charge in [0.1, 0.15) is 0 Å². The molecule has 1 nitrogen and oxygen atoms in total. The highest BCUT2D eigenvalue weighted by molar-refractivity contribution is 5.14. The Kier molecular flexibility index (Phi) is 1.31. The molecule has 0 aromatic rings. The van der Waals surface area contributed by atoms with Crippen LogP contribution in [0.1, 0.15) is 39.5 Å². The summed E-state index contributed by atoms with van der Waals surface area (Å²) in [4.78, 5) is 0. The van der Waals surface area contributed by atoms with Crippen molar-refractivity contribution in [2.45, 2.75) is 51.1 Å². The summed E-state index contributed by atoms with van der Waals surface area (Å²) >= 11 is 0. The van der Waals surface area contributed by atoms with E-state index in [2.05, 4.69) is 19.2 Å². The van der Waals surface area contributed by atoms with Crippen molar-refractivity contribution < 1.29 is 0 Å². The van der Waals surface area contributed by atoms with Crippen LogP contribution in [0.2, 0.25) is 0 Å². The van der Waals surface area contributed by atoms with Gasteiger partial charge in [-0.3, -0.25) is 0 Å². The van der Waals surface area contributed by atoms with Gasteiger partial charge in [-0.25, -0.2) is 0 Å². The average molecular weight is 139 g/mol. The van der Waals surface area contributed by atoms with Crippen LogP contribution in [0.25, 0.3) is 0 Å². The summed E-state index contributed by atoms with van der Waals surface area (Å²) in [5, 5.41) is 3.71. The predicted molar refractivity (Wildman–Crippen MR) is 43.0 cm³/mol. The van der Waals surface area contributed by atoms with Crippen LogP contribution in [-0.4, -0.2) is 11.6 Å². The zero-order valence-electron chi connectivity index (χ0n) is 6.98.